The van der Waals surface area contributed by atoms with E-state index in [9.17, 15) is 14.9 Å². The lowest BCUT2D eigenvalue weighted by molar-refractivity contribution is -0.385. The molecule has 8 heteroatoms. The number of thioether (sulfide) groups is 1. The number of carbonyl (C=O) groups excluding carboxylic acids is 1. The molecular weight excluding hydrogens is 280 g/mol. The van der Waals surface area contributed by atoms with Gasteiger partial charge in [-0.05, 0) is 19.1 Å². The molecule has 0 atom stereocenters. The van der Waals surface area contributed by atoms with Crippen LogP contribution in [0, 0.1) is 10.1 Å². The molecule has 0 spiro atoms. The average Bonchev–Trinajstić information content (AvgIpc) is 3.24. The second kappa shape index (κ2) is 5.66. The zero-order valence-electron chi connectivity index (χ0n) is 11.3. The van der Waals surface area contributed by atoms with Gasteiger partial charge in [-0.25, -0.2) is 4.98 Å². The van der Waals surface area contributed by atoms with Crippen LogP contribution in [0.2, 0.25) is 0 Å². The first-order valence-electron chi connectivity index (χ1n) is 6.17. The summed E-state index contributed by atoms with van der Waals surface area (Å²) < 4.78 is 0.142. The van der Waals surface area contributed by atoms with E-state index in [-0.39, 0.29) is 21.9 Å². The number of nitrogens with one attached hydrogen (secondary N) is 2. The maximum atomic E-state index is 12.2. The number of pyridine rings is 1. The fourth-order valence-electron chi connectivity index (χ4n) is 1.85. The van der Waals surface area contributed by atoms with Gasteiger partial charge in [-0.1, -0.05) is 0 Å². The molecule has 2 rings (SSSR count). The molecule has 0 aromatic carbocycles. The molecule has 1 aromatic rings. The van der Waals surface area contributed by atoms with E-state index in [1.54, 1.807) is 18.8 Å². The summed E-state index contributed by atoms with van der Waals surface area (Å²) in [6.07, 6.45) is 5.32. The summed E-state index contributed by atoms with van der Waals surface area (Å²) in [5, 5.41) is 16.4. The molecule has 1 amide bonds. The first kappa shape index (κ1) is 14.6. The number of nitrogens with zero attached hydrogens (tertiary/aromatic N) is 2. The maximum Gasteiger partial charge on any atom is 0.288 e. The molecule has 1 saturated carbocycles. The van der Waals surface area contributed by atoms with E-state index >= 15 is 0 Å². The summed E-state index contributed by atoms with van der Waals surface area (Å²) in [5.74, 6) is -0.00651. The number of hydrogen-bond donors (Lipinski definition) is 2. The van der Waals surface area contributed by atoms with Gasteiger partial charge in [0.15, 0.2) is 0 Å². The van der Waals surface area contributed by atoms with E-state index < -0.39 is 4.92 Å². The van der Waals surface area contributed by atoms with Gasteiger partial charge in [-0.2, -0.15) is 11.8 Å². The van der Waals surface area contributed by atoms with Crippen LogP contribution in [0.25, 0.3) is 0 Å². The minimum absolute atomic E-state index is 0.142. The summed E-state index contributed by atoms with van der Waals surface area (Å²) in [6.45, 7) is 0.568. The van der Waals surface area contributed by atoms with Crippen molar-refractivity contribution in [3.05, 3.63) is 27.9 Å². The number of rotatable bonds is 6. The molecule has 1 heterocycles. The van der Waals surface area contributed by atoms with Crippen molar-refractivity contribution < 1.29 is 9.72 Å². The Bertz CT molecular complexity index is 546. The van der Waals surface area contributed by atoms with E-state index in [2.05, 4.69) is 15.6 Å². The fourth-order valence-corrected chi connectivity index (χ4v) is 2.58. The zero-order valence-corrected chi connectivity index (χ0v) is 12.1. The van der Waals surface area contributed by atoms with Crippen LogP contribution in [0.3, 0.4) is 0 Å². The van der Waals surface area contributed by atoms with Gasteiger partial charge in [-0.3, -0.25) is 14.9 Å². The fraction of sp³-hybridized carbons (Fsp3) is 0.500. The summed E-state index contributed by atoms with van der Waals surface area (Å²) in [7, 11) is 1.62. The molecule has 0 unspecified atom stereocenters. The van der Waals surface area contributed by atoms with Crippen molar-refractivity contribution in [2.24, 2.45) is 0 Å². The molecule has 1 fully saturated rings. The molecule has 1 aliphatic carbocycles. The van der Waals surface area contributed by atoms with E-state index in [4.69, 9.17) is 0 Å². The number of carbonyl (C=O) groups is 1. The van der Waals surface area contributed by atoms with Crippen molar-refractivity contribution in [3.8, 4) is 0 Å². The number of nitro groups is 1. The summed E-state index contributed by atoms with van der Waals surface area (Å²) in [5.41, 5.74) is -0.00115. The van der Waals surface area contributed by atoms with Crippen molar-refractivity contribution in [2.45, 2.75) is 17.6 Å². The summed E-state index contributed by atoms with van der Waals surface area (Å²) in [6, 6.07) is 1.24. The third kappa shape index (κ3) is 3.01. The smallest absolute Gasteiger partial charge is 0.288 e. The van der Waals surface area contributed by atoms with E-state index in [0.717, 1.165) is 19.0 Å². The molecule has 1 aromatic heterocycles. The van der Waals surface area contributed by atoms with Crippen LogP contribution in [0.1, 0.15) is 23.2 Å². The third-order valence-electron chi connectivity index (χ3n) is 3.38. The minimum Gasteiger partial charge on any atom is -0.372 e. The molecule has 0 aliphatic heterocycles. The molecule has 20 heavy (non-hydrogen) atoms. The summed E-state index contributed by atoms with van der Waals surface area (Å²) in [4.78, 5) is 26.3. The molecule has 0 saturated heterocycles. The Hall–Kier alpha value is -1.83. The quantitative estimate of drug-likeness (QED) is 0.612. The maximum absolute atomic E-state index is 12.2. The highest BCUT2D eigenvalue weighted by molar-refractivity contribution is 8.00. The van der Waals surface area contributed by atoms with Gasteiger partial charge in [-0.15, -0.1) is 0 Å². The average molecular weight is 296 g/mol. The molecule has 0 bridgehead atoms. The van der Waals surface area contributed by atoms with Crippen LogP contribution in [0.4, 0.5) is 11.5 Å². The van der Waals surface area contributed by atoms with Crippen molar-refractivity contribution in [2.75, 3.05) is 25.2 Å². The van der Waals surface area contributed by atoms with Crippen LogP contribution in [0.15, 0.2) is 12.3 Å². The van der Waals surface area contributed by atoms with Crippen molar-refractivity contribution in [3.63, 3.8) is 0 Å². The van der Waals surface area contributed by atoms with Gasteiger partial charge >= 0.3 is 0 Å². The van der Waals surface area contributed by atoms with Crippen LogP contribution in [0.5, 0.6) is 0 Å². The van der Waals surface area contributed by atoms with E-state index in [1.165, 1.54) is 6.07 Å². The lowest BCUT2D eigenvalue weighted by Crippen LogP contribution is -2.32. The number of hydrogen-bond acceptors (Lipinski definition) is 6. The largest absolute Gasteiger partial charge is 0.372 e. The van der Waals surface area contributed by atoms with Crippen LogP contribution >= 0.6 is 11.8 Å². The van der Waals surface area contributed by atoms with Gasteiger partial charge in [0.1, 0.15) is 12.0 Å². The Morgan fingerprint density at radius 3 is 2.80 bits per heavy atom. The van der Waals surface area contributed by atoms with Gasteiger partial charge < -0.3 is 10.6 Å². The van der Waals surface area contributed by atoms with Crippen molar-refractivity contribution in [1.29, 1.82) is 0 Å². The van der Waals surface area contributed by atoms with Gasteiger partial charge in [0, 0.05) is 24.4 Å². The highest BCUT2D eigenvalue weighted by Crippen LogP contribution is 2.46. The van der Waals surface area contributed by atoms with Gasteiger partial charge in [0.2, 0.25) is 0 Å². The highest BCUT2D eigenvalue weighted by atomic mass is 32.2. The van der Waals surface area contributed by atoms with Gasteiger partial charge in [0.05, 0.1) is 10.5 Å². The Morgan fingerprint density at radius 2 is 2.30 bits per heavy atom. The molecular formula is C12H16N4O3S. The molecule has 7 nitrogen and oxygen atoms in total. The second-order valence-corrected chi connectivity index (χ2v) is 5.94. The monoisotopic (exact) mass is 296 g/mol. The molecule has 108 valence electrons. The van der Waals surface area contributed by atoms with Crippen molar-refractivity contribution >= 4 is 29.2 Å². The Balaban J connectivity index is 2.15. The van der Waals surface area contributed by atoms with E-state index in [0.29, 0.717) is 12.4 Å². The van der Waals surface area contributed by atoms with Crippen LogP contribution < -0.4 is 10.6 Å². The lowest BCUT2D eigenvalue weighted by Gasteiger charge is -2.14. The standard InChI is InChI=1S/C12H16N4O3S/c1-13-10-9(5-8(6-14-10)16(18)19)11(17)15-7-12(20-2)3-4-12/h5-6H,3-4,7H2,1-2H3,(H,13,14)(H,15,17). The van der Waals surface area contributed by atoms with Gasteiger partial charge in [0.25, 0.3) is 11.6 Å². The zero-order chi connectivity index (χ0) is 14.8. The number of anilines is 1. The van der Waals surface area contributed by atoms with Crippen LogP contribution in [-0.4, -0.2) is 40.4 Å². The second-order valence-electron chi connectivity index (χ2n) is 4.67. The highest BCUT2D eigenvalue weighted by Gasteiger charge is 2.42. The number of amides is 1. The minimum atomic E-state index is -0.562. The first-order valence-corrected chi connectivity index (χ1v) is 7.39. The van der Waals surface area contributed by atoms with Crippen molar-refractivity contribution in [1.82, 2.24) is 10.3 Å². The topological polar surface area (TPSA) is 97.2 Å². The predicted molar refractivity (Wildman–Crippen MR) is 78.3 cm³/mol. The molecule has 1 aliphatic rings. The molecule has 0 radical (unpaired) electrons. The Kier molecular flexibility index (Phi) is 4.12. The Morgan fingerprint density at radius 1 is 1.60 bits per heavy atom. The van der Waals surface area contributed by atoms with Crippen LogP contribution in [-0.2, 0) is 0 Å². The number of aromatic nitrogens is 1. The Labute approximate surface area is 120 Å². The third-order valence-corrected chi connectivity index (χ3v) is 4.80. The molecule has 2 N–H and O–H groups in total. The SMILES string of the molecule is CNc1ncc([N+](=O)[O-])cc1C(=O)NCC1(SC)CC1. The summed E-state index contributed by atoms with van der Waals surface area (Å²) >= 11 is 1.74. The normalized spacial score (nSPS) is 15.5. The lowest BCUT2D eigenvalue weighted by atomic mass is 10.2. The first-order chi connectivity index (χ1) is 9.51. The predicted octanol–water partition coefficient (Wildman–Crippen LogP) is 1.66. The van der Waals surface area contributed by atoms with E-state index in [1.807, 2.05) is 6.26 Å².